The van der Waals surface area contributed by atoms with E-state index < -0.39 is 70.5 Å². The second kappa shape index (κ2) is 12.4. The molecule has 3 aromatic rings. The highest BCUT2D eigenvalue weighted by atomic mass is 35.5. The van der Waals surface area contributed by atoms with Gasteiger partial charge < -0.3 is 14.6 Å². The van der Waals surface area contributed by atoms with Crippen LogP contribution in [0.15, 0.2) is 84.5 Å². The van der Waals surface area contributed by atoms with E-state index in [1.807, 2.05) is 6.08 Å². The zero-order valence-electron chi connectivity index (χ0n) is 26.8. The zero-order valence-corrected chi connectivity index (χ0v) is 27.6. The lowest BCUT2D eigenvalue weighted by Gasteiger charge is -2.49. The number of nitrogens with zero attached hydrogens (tertiary/aromatic N) is 2. The van der Waals surface area contributed by atoms with Crippen molar-refractivity contribution in [2.45, 2.75) is 18.3 Å². The van der Waals surface area contributed by atoms with Crippen molar-refractivity contribution in [1.82, 2.24) is 9.91 Å². The minimum Gasteiger partial charge on any atom is -0.504 e. The van der Waals surface area contributed by atoms with Crippen LogP contribution in [0.5, 0.6) is 11.5 Å². The minimum atomic E-state index is -1.56. The highest BCUT2D eigenvalue weighted by Gasteiger charge is 2.70. The van der Waals surface area contributed by atoms with Crippen molar-refractivity contribution in [2.75, 3.05) is 19.6 Å². The number of fused-ring (bicyclic) bond motifs is 4. The molecule has 256 valence electrons. The summed E-state index contributed by atoms with van der Waals surface area (Å²) >= 11 is 6.30. The maximum Gasteiger partial charge on any atom is 0.423 e. The number of hydrazine groups is 1. The number of hydrogen-bond acceptors (Lipinski definition) is 9. The third-order valence-corrected chi connectivity index (χ3v) is 10.6. The lowest BCUT2D eigenvalue weighted by Crippen LogP contribution is -2.54. The number of nitrogens with one attached hydrogen (secondary N) is 1. The molecule has 0 radical (unpaired) electrons. The summed E-state index contributed by atoms with van der Waals surface area (Å²) in [6, 6.07) is 16.6. The Morgan fingerprint density at radius 3 is 2.38 bits per heavy atom. The van der Waals surface area contributed by atoms with E-state index in [1.165, 1.54) is 37.4 Å². The van der Waals surface area contributed by atoms with E-state index in [9.17, 15) is 28.7 Å². The molecule has 0 bridgehead atoms. The van der Waals surface area contributed by atoms with Crippen molar-refractivity contribution in [3.63, 3.8) is 0 Å². The molecular formula is C37H31ClFN3O8. The summed E-state index contributed by atoms with van der Waals surface area (Å²) < 4.78 is 23.8. The molecule has 11 nitrogen and oxygen atoms in total. The Morgan fingerprint density at radius 1 is 0.980 bits per heavy atom. The van der Waals surface area contributed by atoms with E-state index in [1.54, 1.807) is 48.6 Å². The van der Waals surface area contributed by atoms with Gasteiger partial charge in [-0.1, -0.05) is 53.6 Å². The van der Waals surface area contributed by atoms with Gasteiger partial charge in [0.05, 0.1) is 43.1 Å². The lowest BCUT2D eigenvalue weighted by molar-refractivity contribution is -0.140. The number of benzene rings is 3. The summed E-state index contributed by atoms with van der Waals surface area (Å²) in [7, 11) is 2.50. The van der Waals surface area contributed by atoms with E-state index in [-0.39, 0.29) is 24.3 Å². The smallest absolute Gasteiger partial charge is 0.423 e. The SMILES string of the molecule is COC(=O)N1C(=O)C2CC=C3C(CC4C(=O)N(Nc5ccc(F)cc5)C(=O)C4(c4ccc(Cl)cc4)C3C=Cc3ccc(O)c(OC)c3)C2C1=O. The molecule has 7 rings (SSSR count). The lowest BCUT2D eigenvalue weighted by atomic mass is 9.50. The molecule has 0 spiro atoms. The maximum absolute atomic E-state index is 15.0. The Kier molecular flexibility index (Phi) is 8.22. The third kappa shape index (κ3) is 4.96. The molecule has 2 aliphatic carbocycles. The Balaban J connectivity index is 1.42. The molecule has 13 heteroatoms. The second-order valence-electron chi connectivity index (χ2n) is 12.7. The summed E-state index contributed by atoms with van der Waals surface area (Å²) in [5.74, 6) is -7.33. The molecule has 2 aliphatic heterocycles. The monoisotopic (exact) mass is 699 g/mol. The van der Waals surface area contributed by atoms with Gasteiger partial charge in [-0.25, -0.2) is 9.18 Å². The fraction of sp³-hybridized carbons (Fsp3) is 0.270. The number of likely N-dealkylation sites (tertiary alicyclic amines) is 1. The number of amides is 5. The molecular weight excluding hydrogens is 669 g/mol. The van der Waals surface area contributed by atoms with Crippen molar-refractivity contribution < 1.29 is 42.9 Å². The molecule has 2 N–H and O–H groups in total. The average molecular weight is 700 g/mol. The summed E-state index contributed by atoms with van der Waals surface area (Å²) in [6.07, 6.45) is 4.41. The molecule has 4 aliphatic rings. The van der Waals surface area contributed by atoms with Gasteiger partial charge in [-0.05, 0) is 78.4 Å². The summed E-state index contributed by atoms with van der Waals surface area (Å²) in [5, 5.41) is 11.6. The number of ether oxygens (including phenoxy) is 2. The largest absolute Gasteiger partial charge is 0.504 e. The number of methoxy groups -OCH3 is 2. The van der Waals surface area contributed by atoms with Crippen LogP contribution in [0.25, 0.3) is 6.08 Å². The van der Waals surface area contributed by atoms with Gasteiger partial charge in [-0.15, -0.1) is 0 Å². The summed E-state index contributed by atoms with van der Waals surface area (Å²) in [5.41, 5.74) is 3.39. The van der Waals surface area contributed by atoms with E-state index >= 15 is 4.79 Å². The third-order valence-electron chi connectivity index (χ3n) is 10.4. The van der Waals surface area contributed by atoms with Gasteiger partial charge in [0, 0.05) is 10.9 Å². The number of phenolic OH excluding ortho intramolecular Hbond substituents is 1. The Labute approximate surface area is 290 Å². The zero-order chi connectivity index (χ0) is 35.5. The topological polar surface area (TPSA) is 143 Å². The van der Waals surface area contributed by atoms with E-state index in [0.29, 0.717) is 32.3 Å². The first-order valence-corrected chi connectivity index (χ1v) is 16.3. The van der Waals surface area contributed by atoms with Gasteiger partial charge in [0.15, 0.2) is 11.5 Å². The second-order valence-corrected chi connectivity index (χ2v) is 13.1. The first kappa shape index (κ1) is 33.0. The standard InChI is InChI=1S/C37H31ClFN3O8/c1-49-30-17-19(4-16-29(30)43)3-15-27-24-13-14-25-31(34(46)41(32(25)44)36(48)50-2)26(24)18-28-33(45)42(40-23-11-9-22(39)10-12-23)35(47)37(27,28)20-5-7-21(38)8-6-20/h3-13,15-17,25-28,31,40,43H,14,18H2,1-2H3. The summed E-state index contributed by atoms with van der Waals surface area (Å²) in [6.45, 7) is 0. The van der Waals surface area contributed by atoms with Crippen molar-refractivity contribution in [3.05, 3.63) is 106 Å². The van der Waals surface area contributed by atoms with Gasteiger partial charge >= 0.3 is 6.09 Å². The average Bonchev–Trinajstić information content (AvgIpc) is 3.50. The molecule has 1 saturated carbocycles. The van der Waals surface area contributed by atoms with Gasteiger partial charge in [-0.2, -0.15) is 9.91 Å². The highest BCUT2D eigenvalue weighted by molar-refractivity contribution is 6.30. The maximum atomic E-state index is 15.0. The number of aromatic hydroxyl groups is 1. The van der Waals surface area contributed by atoms with Crippen LogP contribution < -0.4 is 10.2 Å². The molecule has 3 aromatic carbocycles. The van der Waals surface area contributed by atoms with Crippen LogP contribution in [0.2, 0.25) is 5.02 Å². The number of carbonyl (C=O) groups excluding carboxylic acids is 5. The molecule has 2 heterocycles. The van der Waals surface area contributed by atoms with Crippen LogP contribution in [-0.4, -0.2) is 59.0 Å². The predicted molar refractivity (Wildman–Crippen MR) is 178 cm³/mol. The first-order valence-electron chi connectivity index (χ1n) is 15.9. The first-order chi connectivity index (χ1) is 24.0. The fourth-order valence-corrected chi connectivity index (χ4v) is 8.30. The van der Waals surface area contributed by atoms with Crippen LogP contribution in [0, 0.1) is 35.4 Å². The van der Waals surface area contributed by atoms with Crippen molar-refractivity contribution in [2.24, 2.45) is 29.6 Å². The van der Waals surface area contributed by atoms with Crippen LogP contribution in [0.4, 0.5) is 14.9 Å². The van der Waals surface area contributed by atoms with Crippen LogP contribution in [-0.2, 0) is 29.3 Å². The van der Waals surface area contributed by atoms with E-state index in [0.717, 1.165) is 12.1 Å². The quantitative estimate of drug-likeness (QED) is 0.252. The molecule has 50 heavy (non-hydrogen) atoms. The number of phenols is 1. The minimum absolute atomic E-state index is 0.00715. The number of anilines is 1. The molecule has 6 atom stereocenters. The normalized spacial score (nSPS) is 27.2. The predicted octanol–water partition coefficient (Wildman–Crippen LogP) is 5.49. The van der Waals surface area contributed by atoms with Crippen LogP contribution >= 0.6 is 11.6 Å². The van der Waals surface area contributed by atoms with E-state index in [2.05, 4.69) is 5.43 Å². The molecule has 2 saturated heterocycles. The number of allylic oxidation sites excluding steroid dienone is 3. The van der Waals surface area contributed by atoms with Gasteiger partial charge in [0.1, 0.15) is 5.82 Å². The van der Waals surface area contributed by atoms with Gasteiger partial charge in [0.25, 0.3) is 11.8 Å². The molecule has 6 unspecified atom stereocenters. The number of halogens is 2. The Hall–Kier alpha value is -5.49. The highest BCUT2D eigenvalue weighted by Crippen LogP contribution is 2.61. The van der Waals surface area contributed by atoms with Crippen LogP contribution in [0.1, 0.15) is 24.0 Å². The number of hydrogen-bond donors (Lipinski definition) is 2. The Morgan fingerprint density at radius 2 is 1.70 bits per heavy atom. The van der Waals surface area contributed by atoms with E-state index in [4.69, 9.17) is 21.1 Å². The number of rotatable bonds is 6. The van der Waals surface area contributed by atoms with Gasteiger partial charge in [0.2, 0.25) is 11.8 Å². The van der Waals surface area contributed by atoms with Crippen molar-refractivity contribution >= 4 is 53.1 Å². The van der Waals surface area contributed by atoms with Gasteiger partial charge in [-0.3, -0.25) is 24.6 Å². The number of imide groups is 4. The van der Waals surface area contributed by atoms with Crippen molar-refractivity contribution in [1.29, 1.82) is 0 Å². The fourth-order valence-electron chi connectivity index (χ4n) is 8.18. The molecule has 3 fully saturated rings. The Bertz CT molecular complexity index is 2000. The molecule has 5 amide bonds. The summed E-state index contributed by atoms with van der Waals surface area (Å²) in [4.78, 5) is 69.9. The van der Waals surface area contributed by atoms with Crippen molar-refractivity contribution in [3.8, 4) is 11.5 Å². The molecule has 0 aromatic heterocycles. The van der Waals surface area contributed by atoms with Crippen LogP contribution in [0.3, 0.4) is 0 Å². The number of carbonyl (C=O) groups is 5.